The molecule has 0 aromatic heterocycles. The van der Waals surface area contributed by atoms with E-state index >= 15 is 0 Å². The first kappa shape index (κ1) is 22.3. The zero-order valence-corrected chi connectivity index (χ0v) is 18.0. The standard InChI is InChI=1S/C19H24F3IN4O2/c20-19(21,22)14-3-1-2-13(12-14)17(28)25-18(29)24-15-4-8-26(9-5-15)16-6-10-27(23)11-7-16/h1-3,12,15-16H,4-11H2,(H2,24,25,28,29). The molecule has 1 aromatic carbocycles. The second kappa shape index (κ2) is 9.61. The van der Waals surface area contributed by atoms with Gasteiger partial charge in [-0.05, 0) is 43.9 Å². The third-order valence-electron chi connectivity index (χ3n) is 5.47. The highest BCUT2D eigenvalue weighted by atomic mass is 127. The van der Waals surface area contributed by atoms with Crippen LogP contribution < -0.4 is 10.6 Å². The van der Waals surface area contributed by atoms with E-state index in [0.717, 1.165) is 70.1 Å². The molecule has 2 saturated heterocycles. The lowest BCUT2D eigenvalue weighted by atomic mass is 9.99. The van der Waals surface area contributed by atoms with Gasteiger partial charge in [-0.25, -0.2) is 7.91 Å². The van der Waals surface area contributed by atoms with Crippen LogP contribution in [0.25, 0.3) is 0 Å². The van der Waals surface area contributed by atoms with Gasteiger partial charge in [0.25, 0.3) is 5.91 Å². The normalized spacial score (nSPS) is 20.4. The second-order valence-corrected chi connectivity index (χ2v) is 8.82. The van der Waals surface area contributed by atoms with E-state index in [1.54, 1.807) is 0 Å². The molecule has 0 spiro atoms. The number of alkyl halides is 3. The van der Waals surface area contributed by atoms with Gasteiger partial charge in [0, 0.05) is 66.7 Å². The smallest absolute Gasteiger partial charge is 0.335 e. The van der Waals surface area contributed by atoms with Crippen molar-refractivity contribution in [3.05, 3.63) is 35.4 Å². The molecule has 0 aliphatic carbocycles. The van der Waals surface area contributed by atoms with Crippen molar-refractivity contribution in [2.45, 2.75) is 43.9 Å². The number of halogens is 4. The second-order valence-electron chi connectivity index (χ2n) is 7.46. The summed E-state index contributed by atoms with van der Waals surface area (Å²) in [6.45, 7) is 3.95. The minimum atomic E-state index is -4.54. The summed E-state index contributed by atoms with van der Waals surface area (Å²) in [5, 5.41) is 4.89. The van der Waals surface area contributed by atoms with Crippen LogP contribution in [0.15, 0.2) is 24.3 Å². The Labute approximate surface area is 181 Å². The molecule has 2 aliphatic heterocycles. The molecule has 1 aromatic rings. The number of rotatable bonds is 3. The number of benzene rings is 1. The Morgan fingerprint density at radius 1 is 1.03 bits per heavy atom. The summed E-state index contributed by atoms with van der Waals surface area (Å²) in [4.78, 5) is 26.7. The third-order valence-corrected chi connectivity index (χ3v) is 6.44. The first-order valence-corrected chi connectivity index (χ1v) is 10.6. The molecule has 10 heteroatoms. The zero-order chi connectivity index (χ0) is 21.0. The van der Waals surface area contributed by atoms with Crippen LogP contribution in [0, 0.1) is 0 Å². The van der Waals surface area contributed by atoms with Crippen molar-refractivity contribution in [1.82, 2.24) is 18.6 Å². The van der Waals surface area contributed by atoms with Crippen molar-refractivity contribution in [3.63, 3.8) is 0 Å². The van der Waals surface area contributed by atoms with Crippen LogP contribution >= 0.6 is 22.9 Å². The summed E-state index contributed by atoms with van der Waals surface area (Å²) in [5.74, 6) is -0.850. The molecule has 3 amide bonds. The molecule has 6 nitrogen and oxygen atoms in total. The molecule has 2 fully saturated rings. The molecular weight excluding hydrogens is 500 g/mol. The van der Waals surface area contributed by atoms with E-state index in [1.165, 1.54) is 6.07 Å². The molecule has 0 atom stereocenters. The van der Waals surface area contributed by atoms with Crippen LogP contribution in [0.5, 0.6) is 0 Å². The Balaban J connectivity index is 1.45. The Hall–Kier alpha value is -1.40. The van der Waals surface area contributed by atoms with Crippen LogP contribution in [0.3, 0.4) is 0 Å². The number of likely N-dealkylation sites (tertiary alicyclic amines) is 1. The summed E-state index contributed by atoms with van der Waals surface area (Å²) in [5.41, 5.74) is -1.13. The number of piperidine rings is 2. The highest BCUT2D eigenvalue weighted by Crippen LogP contribution is 2.29. The maximum absolute atomic E-state index is 12.8. The minimum absolute atomic E-state index is 0.0507. The van der Waals surface area contributed by atoms with Gasteiger partial charge in [-0.1, -0.05) is 6.07 Å². The number of amides is 3. The maximum Gasteiger partial charge on any atom is 0.416 e. The molecule has 0 saturated carbocycles. The Kier molecular flexibility index (Phi) is 7.38. The molecule has 2 heterocycles. The summed E-state index contributed by atoms with van der Waals surface area (Å²) in [6, 6.07) is 3.87. The number of hydrogen-bond acceptors (Lipinski definition) is 4. The maximum atomic E-state index is 12.8. The minimum Gasteiger partial charge on any atom is -0.335 e. The lowest BCUT2D eigenvalue weighted by Crippen LogP contribution is -2.52. The van der Waals surface area contributed by atoms with Gasteiger partial charge in [0.15, 0.2) is 0 Å². The van der Waals surface area contributed by atoms with E-state index in [2.05, 4.69) is 41.5 Å². The van der Waals surface area contributed by atoms with Crippen LogP contribution in [-0.4, -0.2) is 58.2 Å². The van der Waals surface area contributed by atoms with Crippen LogP contribution in [0.1, 0.15) is 41.6 Å². The largest absolute Gasteiger partial charge is 0.416 e. The van der Waals surface area contributed by atoms with Crippen molar-refractivity contribution >= 4 is 34.8 Å². The molecular formula is C19H24F3IN4O2. The molecule has 0 radical (unpaired) electrons. The first-order valence-electron chi connectivity index (χ1n) is 9.66. The van der Waals surface area contributed by atoms with Gasteiger partial charge in [0.05, 0.1) is 5.56 Å². The summed E-state index contributed by atoms with van der Waals surface area (Å²) in [7, 11) is 0. The fourth-order valence-electron chi connectivity index (χ4n) is 3.84. The molecule has 2 aliphatic rings. The van der Waals surface area contributed by atoms with Crippen molar-refractivity contribution < 1.29 is 22.8 Å². The average Bonchev–Trinajstić information content (AvgIpc) is 2.68. The lowest BCUT2D eigenvalue weighted by Gasteiger charge is -2.40. The van der Waals surface area contributed by atoms with Gasteiger partial charge in [0.2, 0.25) is 0 Å². The Bertz CT molecular complexity index is 730. The van der Waals surface area contributed by atoms with Gasteiger partial charge < -0.3 is 10.2 Å². The van der Waals surface area contributed by atoms with E-state index in [4.69, 9.17) is 0 Å². The number of nitrogens with one attached hydrogen (secondary N) is 2. The van der Waals surface area contributed by atoms with Crippen LogP contribution in [0.4, 0.5) is 18.0 Å². The highest BCUT2D eigenvalue weighted by Gasteiger charge is 2.31. The highest BCUT2D eigenvalue weighted by molar-refractivity contribution is 14.1. The number of carbonyl (C=O) groups excluding carboxylic acids is 2. The monoisotopic (exact) mass is 524 g/mol. The van der Waals surface area contributed by atoms with Gasteiger partial charge in [-0.3, -0.25) is 10.1 Å². The first-order chi connectivity index (χ1) is 13.7. The quantitative estimate of drug-likeness (QED) is 0.470. The Morgan fingerprint density at radius 3 is 2.31 bits per heavy atom. The fraction of sp³-hybridized carbons (Fsp3) is 0.579. The predicted molar refractivity (Wildman–Crippen MR) is 111 cm³/mol. The molecule has 0 unspecified atom stereocenters. The molecule has 3 rings (SSSR count). The third kappa shape index (κ3) is 6.29. The topological polar surface area (TPSA) is 64.7 Å². The van der Waals surface area contributed by atoms with Crippen molar-refractivity contribution in [2.24, 2.45) is 0 Å². The Morgan fingerprint density at radius 2 is 1.69 bits per heavy atom. The number of carbonyl (C=O) groups is 2. The van der Waals surface area contributed by atoms with Gasteiger partial charge >= 0.3 is 12.2 Å². The zero-order valence-electron chi connectivity index (χ0n) is 15.8. The van der Waals surface area contributed by atoms with E-state index in [1.807, 2.05) is 0 Å². The van der Waals surface area contributed by atoms with Crippen molar-refractivity contribution in [1.29, 1.82) is 0 Å². The average molecular weight is 524 g/mol. The van der Waals surface area contributed by atoms with E-state index in [0.29, 0.717) is 6.04 Å². The number of imide groups is 1. The van der Waals surface area contributed by atoms with Crippen molar-refractivity contribution in [3.8, 4) is 0 Å². The predicted octanol–water partition coefficient (Wildman–Crippen LogP) is 3.42. The molecule has 0 bridgehead atoms. The summed E-state index contributed by atoms with van der Waals surface area (Å²) >= 11 is 2.35. The summed E-state index contributed by atoms with van der Waals surface area (Å²) in [6.07, 6.45) is -0.675. The van der Waals surface area contributed by atoms with Gasteiger partial charge in [-0.2, -0.15) is 13.2 Å². The lowest BCUT2D eigenvalue weighted by molar-refractivity contribution is -0.137. The fourth-order valence-corrected chi connectivity index (χ4v) is 4.40. The molecule has 2 N–H and O–H groups in total. The summed E-state index contributed by atoms with van der Waals surface area (Å²) < 4.78 is 40.6. The van der Waals surface area contributed by atoms with E-state index in [9.17, 15) is 22.8 Å². The molecule has 29 heavy (non-hydrogen) atoms. The van der Waals surface area contributed by atoms with E-state index < -0.39 is 23.7 Å². The number of nitrogens with zero attached hydrogens (tertiary/aromatic N) is 2. The van der Waals surface area contributed by atoms with Crippen LogP contribution in [-0.2, 0) is 6.18 Å². The SMILES string of the molecule is O=C(NC(=O)c1cccc(C(F)(F)F)c1)NC1CCN(C2CCN(I)CC2)CC1. The van der Waals surface area contributed by atoms with Gasteiger partial charge in [-0.15, -0.1) is 0 Å². The molecule has 160 valence electrons. The van der Waals surface area contributed by atoms with E-state index in [-0.39, 0.29) is 11.6 Å². The van der Waals surface area contributed by atoms with Crippen molar-refractivity contribution in [2.75, 3.05) is 26.2 Å². The van der Waals surface area contributed by atoms with Crippen LogP contribution in [0.2, 0.25) is 0 Å². The van der Waals surface area contributed by atoms with Gasteiger partial charge in [0.1, 0.15) is 0 Å². The number of hydrogen-bond donors (Lipinski definition) is 2. The number of urea groups is 1.